The maximum atomic E-state index is 12.8. The van der Waals surface area contributed by atoms with Crippen LogP contribution in [0.1, 0.15) is 18.4 Å². The number of carbonyl (C=O) groups is 1. The van der Waals surface area contributed by atoms with Crippen LogP contribution in [-0.2, 0) is 21.5 Å². The lowest BCUT2D eigenvalue weighted by Gasteiger charge is -2.38. The van der Waals surface area contributed by atoms with Crippen molar-refractivity contribution in [1.82, 2.24) is 14.9 Å². The number of para-hydroxylation sites is 2. The standard InChI is InChI=1S/C22H21Cl2N3O3/c23-15-5-6-16(17(24)11-15)22(7-9-30-10-8-22)14-26-20(28)13-27-19-4-2-1-3-18(19)25-12-21(27)29/h1-6,11-12H,7-10,13-14H2,(H,26,28). The minimum atomic E-state index is -0.346. The van der Waals surface area contributed by atoms with Gasteiger partial charge >= 0.3 is 0 Å². The number of benzene rings is 2. The van der Waals surface area contributed by atoms with E-state index in [4.69, 9.17) is 27.9 Å². The zero-order chi connectivity index (χ0) is 21.1. The molecule has 1 aliphatic heterocycles. The van der Waals surface area contributed by atoms with Crippen LogP contribution in [0.25, 0.3) is 11.0 Å². The number of ether oxygens (including phenoxy) is 1. The maximum Gasteiger partial charge on any atom is 0.269 e. The average molecular weight is 446 g/mol. The van der Waals surface area contributed by atoms with Crippen LogP contribution in [0.15, 0.2) is 53.5 Å². The molecule has 0 spiro atoms. The van der Waals surface area contributed by atoms with Gasteiger partial charge in [-0.2, -0.15) is 0 Å². The van der Waals surface area contributed by atoms with Gasteiger partial charge in [-0.15, -0.1) is 0 Å². The monoisotopic (exact) mass is 445 g/mol. The number of nitrogens with one attached hydrogen (secondary N) is 1. The van der Waals surface area contributed by atoms with Crippen LogP contribution in [-0.4, -0.2) is 35.2 Å². The topological polar surface area (TPSA) is 73.2 Å². The molecular formula is C22H21Cl2N3O3. The van der Waals surface area contributed by atoms with Crippen LogP contribution in [0, 0.1) is 0 Å². The first kappa shape index (κ1) is 20.8. The van der Waals surface area contributed by atoms with Gasteiger partial charge in [-0.25, -0.2) is 4.98 Å². The smallest absolute Gasteiger partial charge is 0.269 e. The van der Waals surface area contributed by atoms with Crippen molar-refractivity contribution in [2.24, 2.45) is 0 Å². The second kappa shape index (κ2) is 8.76. The fraction of sp³-hybridized carbons (Fsp3) is 0.318. The Morgan fingerprint density at radius 1 is 1.17 bits per heavy atom. The van der Waals surface area contributed by atoms with E-state index < -0.39 is 0 Å². The Morgan fingerprint density at radius 2 is 1.93 bits per heavy atom. The number of nitrogens with zero attached hydrogens (tertiary/aromatic N) is 2. The molecule has 4 rings (SSSR count). The molecule has 1 N–H and O–H groups in total. The summed E-state index contributed by atoms with van der Waals surface area (Å²) in [4.78, 5) is 29.2. The van der Waals surface area contributed by atoms with E-state index in [1.54, 1.807) is 12.1 Å². The Labute approximate surface area is 183 Å². The molecule has 0 radical (unpaired) electrons. The van der Waals surface area contributed by atoms with Crippen molar-refractivity contribution in [1.29, 1.82) is 0 Å². The summed E-state index contributed by atoms with van der Waals surface area (Å²) in [5, 5.41) is 4.15. The van der Waals surface area contributed by atoms with Gasteiger partial charge in [-0.1, -0.05) is 41.4 Å². The lowest BCUT2D eigenvalue weighted by Crippen LogP contribution is -2.46. The summed E-state index contributed by atoms with van der Waals surface area (Å²) >= 11 is 12.6. The van der Waals surface area contributed by atoms with E-state index >= 15 is 0 Å². The Bertz CT molecular complexity index is 1140. The van der Waals surface area contributed by atoms with Gasteiger partial charge in [0.1, 0.15) is 6.54 Å². The molecule has 1 aliphatic rings. The second-order valence-corrected chi connectivity index (χ2v) is 8.31. The normalized spacial score (nSPS) is 15.8. The molecule has 1 aromatic heterocycles. The fourth-order valence-electron chi connectivity index (χ4n) is 3.97. The van der Waals surface area contributed by atoms with Crippen molar-refractivity contribution in [3.8, 4) is 0 Å². The highest BCUT2D eigenvalue weighted by atomic mass is 35.5. The Kier molecular flexibility index (Phi) is 6.09. The summed E-state index contributed by atoms with van der Waals surface area (Å²) in [6, 6.07) is 12.7. The van der Waals surface area contributed by atoms with Gasteiger partial charge in [-0.05, 0) is 42.7 Å². The minimum absolute atomic E-state index is 0.0806. The van der Waals surface area contributed by atoms with Crippen molar-refractivity contribution < 1.29 is 9.53 Å². The quantitative estimate of drug-likeness (QED) is 0.651. The third kappa shape index (κ3) is 4.21. The highest BCUT2D eigenvalue weighted by Crippen LogP contribution is 2.39. The van der Waals surface area contributed by atoms with Crippen molar-refractivity contribution >= 4 is 40.1 Å². The highest BCUT2D eigenvalue weighted by molar-refractivity contribution is 6.35. The summed E-state index contributed by atoms with van der Waals surface area (Å²) in [5.74, 6) is -0.246. The molecule has 1 saturated heterocycles. The van der Waals surface area contributed by atoms with Gasteiger partial charge in [0.25, 0.3) is 5.56 Å². The summed E-state index contributed by atoms with van der Waals surface area (Å²) in [6.45, 7) is 1.49. The third-order valence-corrected chi connectivity index (χ3v) is 6.18. The summed E-state index contributed by atoms with van der Waals surface area (Å²) in [5.41, 5.74) is 1.58. The zero-order valence-corrected chi connectivity index (χ0v) is 17.7. The molecule has 6 nitrogen and oxygen atoms in total. The molecular weight excluding hydrogens is 425 g/mol. The highest BCUT2D eigenvalue weighted by Gasteiger charge is 2.36. The van der Waals surface area contributed by atoms with Crippen molar-refractivity contribution in [2.45, 2.75) is 24.8 Å². The van der Waals surface area contributed by atoms with E-state index in [-0.39, 0.29) is 23.4 Å². The Morgan fingerprint density at radius 3 is 2.70 bits per heavy atom. The van der Waals surface area contributed by atoms with Crippen molar-refractivity contribution in [2.75, 3.05) is 19.8 Å². The first-order chi connectivity index (χ1) is 14.5. The molecule has 30 heavy (non-hydrogen) atoms. The minimum Gasteiger partial charge on any atom is -0.381 e. The average Bonchev–Trinajstić information content (AvgIpc) is 2.75. The van der Waals surface area contributed by atoms with Crippen LogP contribution in [0.2, 0.25) is 10.0 Å². The summed E-state index contributed by atoms with van der Waals surface area (Å²) in [6.07, 6.45) is 2.70. The van der Waals surface area contributed by atoms with Gasteiger partial charge < -0.3 is 10.1 Å². The molecule has 0 atom stereocenters. The zero-order valence-electron chi connectivity index (χ0n) is 16.2. The molecule has 2 heterocycles. The van der Waals surface area contributed by atoms with Crippen molar-refractivity contribution in [3.63, 3.8) is 0 Å². The fourth-order valence-corrected chi connectivity index (χ4v) is 4.58. The number of hydrogen-bond donors (Lipinski definition) is 1. The second-order valence-electron chi connectivity index (χ2n) is 7.46. The summed E-state index contributed by atoms with van der Waals surface area (Å²) in [7, 11) is 0. The third-order valence-electron chi connectivity index (χ3n) is 5.63. The van der Waals surface area contributed by atoms with Gasteiger partial charge in [0.05, 0.1) is 17.2 Å². The molecule has 156 valence electrons. The molecule has 8 heteroatoms. The van der Waals surface area contributed by atoms with Crippen LogP contribution in [0.4, 0.5) is 0 Å². The molecule has 0 saturated carbocycles. The number of hydrogen-bond acceptors (Lipinski definition) is 4. The molecule has 0 unspecified atom stereocenters. The first-order valence-electron chi connectivity index (χ1n) is 9.73. The lowest BCUT2D eigenvalue weighted by molar-refractivity contribution is -0.122. The van der Waals surface area contributed by atoms with Gasteiger partial charge in [-0.3, -0.25) is 14.2 Å². The van der Waals surface area contributed by atoms with E-state index in [0.717, 1.165) is 18.4 Å². The molecule has 1 amide bonds. The van der Waals surface area contributed by atoms with Crippen LogP contribution in [0.3, 0.4) is 0 Å². The molecule has 0 aliphatic carbocycles. The number of fused-ring (bicyclic) bond motifs is 1. The van der Waals surface area contributed by atoms with E-state index in [2.05, 4.69) is 10.3 Å². The van der Waals surface area contributed by atoms with Crippen LogP contribution >= 0.6 is 23.2 Å². The number of aromatic nitrogens is 2. The van der Waals surface area contributed by atoms with Crippen LogP contribution in [0.5, 0.6) is 0 Å². The van der Waals surface area contributed by atoms with Gasteiger partial charge in [0.2, 0.25) is 5.91 Å². The van der Waals surface area contributed by atoms with Gasteiger partial charge in [0, 0.05) is 35.2 Å². The largest absolute Gasteiger partial charge is 0.381 e. The number of carbonyl (C=O) groups excluding carboxylic acids is 1. The number of amides is 1. The van der Waals surface area contributed by atoms with Crippen LogP contribution < -0.4 is 10.9 Å². The van der Waals surface area contributed by atoms with Gasteiger partial charge in [0.15, 0.2) is 0 Å². The predicted octanol–water partition coefficient (Wildman–Crippen LogP) is 3.57. The first-order valence-corrected chi connectivity index (χ1v) is 10.5. The molecule has 0 bridgehead atoms. The SMILES string of the molecule is O=C(Cn1c(=O)cnc2ccccc21)NCC1(c2ccc(Cl)cc2Cl)CCOCC1. The van der Waals surface area contributed by atoms with E-state index in [1.165, 1.54) is 10.8 Å². The predicted molar refractivity (Wildman–Crippen MR) is 117 cm³/mol. The molecule has 1 fully saturated rings. The molecule has 3 aromatic rings. The van der Waals surface area contributed by atoms with E-state index in [1.807, 2.05) is 30.3 Å². The lowest BCUT2D eigenvalue weighted by atomic mass is 9.74. The maximum absolute atomic E-state index is 12.8. The molecule has 2 aromatic carbocycles. The summed E-state index contributed by atoms with van der Waals surface area (Å²) < 4.78 is 6.98. The Hall–Kier alpha value is -2.41. The van der Waals surface area contributed by atoms with Crippen molar-refractivity contribution in [3.05, 3.63) is 74.6 Å². The van der Waals surface area contributed by atoms with E-state index in [0.29, 0.717) is 40.8 Å². The number of halogens is 2. The number of rotatable bonds is 5. The van der Waals surface area contributed by atoms with E-state index in [9.17, 15) is 9.59 Å². The Balaban J connectivity index is 1.56.